The van der Waals surface area contributed by atoms with Crippen LogP contribution >= 0.6 is 11.8 Å². The van der Waals surface area contributed by atoms with Crippen molar-refractivity contribution in [1.29, 1.82) is 0 Å². The van der Waals surface area contributed by atoms with E-state index in [9.17, 15) is 9.50 Å². The van der Waals surface area contributed by atoms with Crippen molar-refractivity contribution in [3.63, 3.8) is 0 Å². The molecule has 0 aromatic carbocycles. The fourth-order valence-electron chi connectivity index (χ4n) is 1.12. The smallest absolute Gasteiger partial charge is 0.141 e. The molecule has 15 heavy (non-hydrogen) atoms. The molecule has 0 amide bonds. The van der Waals surface area contributed by atoms with Gasteiger partial charge < -0.3 is 10.4 Å². The van der Waals surface area contributed by atoms with Crippen molar-refractivity contribution in [2.24, 2.45) is 0 Å². The highest BCUT2D eigenvalue weighted by molar-refractivity contribution is 7.98. The first-order chi connectivity index (χ1) is 7.03. The van der Waals surface area contributed by atoms with Crippen LogP contribution in [0.25, 0.3) is 0 Å². The monoisotopic (exact) mass is 230 g/mol. The molecule has 1 rings (SSSR count). The number of nitrogens with one attached hydrogen (secondary N) is 1. The first-order valence-electron chi connectivity index (χ1n) is 4.60. The van der Waals surface area contributed by atoms with Crippen molar-refractivity contribution in [3.05, 3.63) is 24.1 Å². The zero-order valence-corrected chi connectivity index (χ0v) is 9.64. The predicted molar refractivity (Wildman–Crippen MR) is 61.7 cm³/mol. The summed E-state index contributed by atoms with van der Waals surface area (Å²) in [6.45, 7) is 2.15. The Bertz CT molecular complexity index is 303. The molecule has 0 fully saturated rings. The number of rotatable bonds is 5. The molecule has 1 heterocycles. The lowest BCUT2D eigenvalue weighted by Gasteiger charge is -2.22. The van der Waals surface area contributed by atoms with Crippen LogP contribution in [0.1, 0.15) is 6.92 Å². The van der Waals surface area contributed by atoms with E-state index in [1.807, 2.05) is 6.26 Å². The van der Waals surface area contributed by atoms with E-state index in [2.05, 4.69) is 10.3 Å². The molecule has 3 nitrogen and oxygen atoms in total. The van der Waals surface area contributed by atoms with Crippen LogP contribution in [0.2, 0.25) is 0 Å². The number of hydrogen-bond donors (Lipinski definition) is 2. The molecule has 1 atom stereocenters. The van der Waals surface area contributed by atoms with Crippen LogP contribution in [-0.2, 0) is 0 Å². The van der Waals surface area contributed by atoms with Crippen LogP contribution < -0.4 is 5.32 Å². The first-order valence-corrected chi connectivity index (χ1v) is 6.00. The van der Waals surface area contributed by atoms with Crippen molar-refractivity contribution >= 4 is 17.6 Å². The Balaban J connectivity index is 2.46. The minimum Gasteiger partial charge on any atom is -0.387 e. The third kappa shape index (κ3) is 4.48. The fourth-order valence-corrected chi connectivity index (χ4v) is 1.85. The van der Waals surface area contributed by atoms with Crippen molar-refractivity contribution in [1.82, 2.24) is 4.98 Å². The van der Waals surface area contributed by atoms with Crippen molar-refractivity contribution in [2.75, 3.05) is 23.9 Å². The van der Waals surface area contributed by atoms with Crippen molar-refractivity contribution in [3.8, 4) is 0 Å². The summed E-state index contributed by atoms with van der Waals surface area (Å²) in [5, 5.41) is 12.8. The van der Waals surface area contributed by atoms with Gasteiger partial charge in [-0.15, -0.1) is 0 Å². The molecule has 0 aliphatic carbocycles. The number of aromatic nitrogens is 1. The standard InChI is InChI=1S/C10H15FN2OS/c1-10(14,7-15-2)6-13-9-4-3-8(11)5-12-9/h3-5,14H,6-7H2,1-2H3,(H,12,13)/t10-/m1/s1. The molecule has 1 aromatic rings. The van der Waals surface area contributed by atoms with E-state index in [-0.39, 0.29) is 5.82 Å². The van der Waals surface area contributed by atoms with Crippen LogP contribution in [0.5, 0.6) is 0 Å². The minimum absolute atomic E-state index is 0.364. The lowest BCUT2D eigenvalue weighted by molar-refractivity contribution is 0.0996. The van der Waals surface area contributed by atoms with E-state index >= 15 is 0 Å². The Morgan fingerprint density at radius 3 is 2.87 bits per heavy atom. The Kier molecular flexibility index (Phi) is 4.35. The third-order valence-corrected chi connectivity index (χ3v) is 2.74. The molecule has 1 aromatic heterocycles. The molecule has 84 valence electrons. The Hall–Kier alpha value is -0.810. The van der Waals surface area contributed by atoms with Gasteiger partial charge in [0.2, 0.25) is 0 Å². The average Bonchev–Trinajstić information content (AvgIpc) is 2.17. The maximum Gasteiger partial charge on any atom is 0.141 e. The molecule has 0 spiro atoms. The van der Waals surface area contributed by atoms with Crippen LogP contribution in [0, 0.1) is 5.82 Å². The van der Waals surface area contributed by atoms with Gasteiger partial charge >= 0.3 is 0 Å². The molecule has 0 bridgehead atoms. The Labute approximate surface area is 93.1 Å². The van der Waals surface area contributed by atoms with E-state index in [0.717, 1.165) is 6.20 Å². The van der Waals surface area contributed by atoms with Gasteiger partial charge in [-0.3, -0.25) is 0 Å². The van der Waals surface area contributed by atoms with Gasteiger partial charge in [0.05, 0.1) is 11.8 Å². The molecule has 0 saturated carbocycles. The first kappa shape index (κ1) is 12.3. The van der Waals surface area contributed by atoms with E-state index < -0.39 is 5.60 Å². The summed E-state index contributed by atoms with van der Waals surface area (Å²) in [6, 6.07) is 2.88. The molecule has 0 saturated heterocycles. The number of halogens is 1. The lowest BCUT2D eigenvalue weighted by atomic mass is 10.1. The third-order valence-electron chi connectivity index (χ3n) is 1.83. The van der Waals surface area contributed by atoms with Gasteiger partial charge in [0.25, 0.3) is 0 Å². The zero-order chi connectivity index (χ0) is 11.3. The molecule has 0 aliphatic heterocycles. The summed E-state index contributed by atoms with van der Waals surface area (Å²) in [7, 11) is 0. The number of aliphatic hydroxyl groups is 1. The molecule has 0 aliphatic rings. The highest BCUT2D eigenvalue weighted by Gasteiger charge is 2.19. The molecule has 2 N–H and O–H groups in total. The molecule has 0 radical (unpaired) electrons. The normalized spacial score (nSPS) is 14.7. The highest BCUT2D eigenvalue weighted by Crippen LogP contribution is 2.12. The molecule has 0 unspecified atom stereocenters. The zero-order valence-electron chi connectivity index (χ0n) is 8.83. The van der Waals surface area contributed by atoms with E-state index in [1.165, 1.54) is 6.07 Å². The van der Waals surface area contributed by atoms with Gasteiger partial charge in [0, 0.05) is 12.3 Å². The van der Waals surface area contributed by atoms with Gasteiger partial charge in [-0.25, -0.2) is 9.37 Å². The molecular weight excluding hydrogens is 215 g/mol. The van der Waals surface area contributed by atoms with Gasteiger partial charge in [0.15, 0.2) is 0 Å². The highest BCUT2D eigenvalue weighted by atomic mass is 32.2. The van der Waals surface area contributed by atoms with Crippen LogP contribution in [-0.4, -0.2) is 34.2 Å². The fraction of sp³-hybridized carbons (Fsp3) is 0.500. The second-order valence-electron chi connectivity index (χ2n) is 3.65. The Morgan fingerprint density at radius 2 is 2.33 bits per heavy atom. The van der Waals surface area contributed by atoms with Gasteiger partial charge in [-0.1, -0.05) is 0 Å². The summed E-state index contributed by atoms with van der Waals surface area (Å²) in [5.74, 6) is 0.843. The van der Waals surface area contributed by atoms with E-state index in [1.54, 1.807) is 24.8 Å². The lowest BCUT2D eigenvalue weighted by Crippen LogP contribution is -2.36. The van der Waals surface area contributed by atoms with Crippen molar-refractivity contribution < 1.29 is 9.50 Å². The van der Waals surface area contributed by atoms with Crippen LogP contribution in [0.15, 0.2) is 18.3 Å². The summed E-state index contributed by atoms with van der Waals surface area (Å²) in [5.41, 5.74) is -0.782. The number of pyridine rings is 1. The average molecular weight is 230 g/mol. The van der Waals surface area contributed by atoms with E-state index in [0.29, 0.717) is 18.1 Å². The maximum absolute atomic E-state index is 12.5. The number of thioether (sulfide) groups is 1. The second-order valence-corrected chi connectivity index (χ2v) is 4.51. The largest absolute Gasteiger partial charge is 0.387 e. The van der Waals surface area contributed by atoms with Gasteiger partial charge in [-0.05, 0) is 25.3 Å². The Morgan fingerprint density at radius 1 is 1.60 bits per heavy atom. The number of anilines is 1. The van der Waals surface area contributed by atoms with Gasteiger partial charge in [-0.2, -0.15) is 11.8 Å². The summed E-state index contributed by atoms with van der Waals surface area (Å²) in [6.07, 6.45) is 3.08. The number of nitrogens with zero attached hydrogens (tertiary/aromatic N) is 1. The predicted octanol–water partition coefficient (Wildman–Crippen LogP) is 1.75. The second kappa shape index (κ2) is 5.32. The van der Waals surface area contributed by atoms with Crippen LogP contribution in [0.3, 0.4) is 0 Å². The summed E-state index contributed by atoms with van der Waals surface area (Å²) >= 11 is 1.58. The summed E-state index contributed by atoms with van der Waals surface area (Å²) < 4.78 is 12.5. The SMILES string of the molecule is CSC[C@](C)(O)CNc1ccc(F)cn1. The molecular formula is C10H15FN2OS. The molecule has 5 heteroatoms. The quantitative estimate of drug-likeness (QED) is 0.809. The summed E-state index contributed by atoms with van der Waals surface area (Å²) in [4.78, 5) is 3.84. The van der Waals surface area contributed by atoms with Crippen LogP contribution in [0.4, 0.5) is 10.2 Å². The van der Waals surface area contributed by atoms with Gasteiger partial charge in [0.1, 0.15) is 11.6 Å². The number of hydrogen-bond acceptors (Lipinski definition) is 4. The minimum atomic E-state index is -0.782. The van der Waals surface area contributed by atoms with E-state index in [4.69, 9.17) is 0 Å². The topological polar surface area (TPSA) is 45.1 Å². The van der Waals surface area contributed by atoms with Crippen molar-refractivity contribution in [2.45, 2.75) is 12.5 Å². The maximum atomic E-state index is 12.5.